The van der Waals surface area contributed by atoms with Crippen LogP contribution in [-0.2, 0) is 0 Å². The van der Waals surface area contributed by atoms with Crippen LogP contribution in [-0.4, -0.2) is 46.6 Å². The Kier molecular flexibility index (Phi) is 4.92. The molecule has 2 fully saturated rings. The van der Waals surface area contributed by atoms with Gasteiger partial charge in [0.15, 0.2) is 0 Å². The van der Waals surface area contributed by atoms with Crippen molar-refractivity contribution < 1.29 is 4.52 Å². The van der Waals surface area contributed by atoms with E-state index in [4.69, 9.17) is 4.52 Å². The molecule has 3 rings (SSSR count). The second-order valence-corrected chi connectivity index (χ2v) is 7.73. The summed E-state index contributed by atoms with van der Waals surface area (Å²) in [4.78, 5) is 3.94. The van der Waals surface area contributed by atoms with Gasteiger partial charge in [0.05, 0.1) is 10.6 Å². The molecule has 0 saturated carbocycles. The van der Waals surface area contributed by atoms with E-state index in [9.17, 15) is 0 Å². The van der Waals surface area contributed by atoms with Crippen LogP contribution in [0, 0.1) is 19.8 Å². The molecule has 4 nitrogen and oxygen atoms in total. The average molecular weight is 309 g/mol. The fraction of sp³-hybridized carbons (Fsp3) is 0.812. The van der Waals surface area contributed by atoms with Crippen molar-refractivity contribution in [1.82, 2.24) is 14.4 Å². The van der Waals surface area contributed by atoms with Gasteiger partial charge in [-0.2, -0.15) is 0 Å². The molecule has 3 heterocycles. The Morgan fingerprint density at radius 3 is 2.29 bits per heavy atom. The van der Waals surface area contributed by atoms with Crippen molar-refractivity contribution in [3.63, 3.8) is 0 Å². The van der Waals surface area contributed by atoms with Crippen molar-refractivity contribution >= 4 is 11.9 Å². The topological polar surface area (TPSA) is 32.5 Å². The molecule has 0 bridgehead atoms. The van der Waals surface area contributed by atoms with E-state index in [1.54, 1.807) is 0 Å². The minimum atomic E-state index is 0.805. The number of rotatable bonds is 3. The van der Waals surface area contributed by atoms with E-state index in [0.717, 1.165) is 23.4 Å². The lowest BCUT2D eigenvalue weighted by atomic mass is 9.95. The quantitative estimate of drug-likeness (QED) is 0.798. The molecule has 0 spiro atoms. The van der Waals surface area contributed by atoms with E-state index >= 15 is 0 Å². The van der Waals surface area contributed by atoms with Gasteiger partial charge in [0.2, 0.25) is 0 Å². The molecule has 2 aliphatic heterocycles. The highest BCUT2D eigenvalue weighted by Gasteiger charge is 2.28. The standard InChI is InChI=1S/C16H27N3OS/c1-12-4-8-18(9-5-12)15-6-10-19(11-7-15)21-16-13(2)17-20-14(16)3/h12,15H,4-11H2,1-3H3. The predicted molar refractivity (Wildman–Crippen MR) is 86.4 cm³/mol. The molecule has 0 radical (unpaired) electrons. The molecule has 1 aromatic heterocycles. The van der Waals surface area contributed by atoms with Crippen LogP contribution in [0.5, 0.6) is 0 Å². The lowest BCUT2D eigenvalue weighted by Crippen LogP contribution is -2.46. The third-order valence-corrected chi connectivity index (χ3v) is 6.34. The minimum absolute atomic E-state index is 0.805. The summed E-state index contributed by atoms with van der Waals surface area (Å²) in [5.41, 5.74) is 1.02. The maximum absolute atomic E-state index is 5.26. The van der Waals surface area contributed by atoms with Crippen LogP contribution in [0.15, 0.2) is 9.42 Å². The number of hydrogen-bond acceptors (Lipinski definition) is 5. The van der Waals surface area contributed by atoms with Gasteiger partial charge in [-0.15, -0.1) is 0 Å². The molecule has 0 aliphatic carbocycles. The van der Waals surface area contributed by atoms with E-state index in [-0.39, 0.29) is 0 Å². The highest BCUT2D eigenvalue weighted by Crippen LogP contribution is 2.32. The molecule has 118 valence electrons. The fourth-order valence-corrected chi connectivity index (χ4v) is 4.41. The Labute approximate surface area is 132 Å². The highest BCUT2D eigenvalue weighted by atomic mass is 32.2. The number of nitrogens with zero attached hydrogens (tertiary/aromatic N) is 3. The molecule has 2 saturated heterocycles. The van der Waals surface area contributed by atoms with Gasteiger partial charge >= 0.3 is 0 Å². The molecule has 0 unspecified atom stereocenters. The van der Waals surface area contributed by atoms with E-state index < -0.39 is 0 Å². The van der Waals surface area contributed by atoms with Gasteiger partial charge in [0.1, 0.15) is 5.76 Å². The van der Waals surface area contributed by atoms with Crippen LogP contribution in [0.25, 0.3) is 0 Å². The monoisotopic (exact) mass is 309 g/mol. The molecule has 21 heavy (non-hydrogen) atoms. The molecule has 5 heteroatoms. The third-order valence-electron chi connectivity index (χ3n) is 4.95. The third kappa shape index (κ3) is 3.63. The molecular formula is C16H27N3OS. The summed E-state index contributed by atoms with van der Waals surface area (Å²) in [5.74, 6) is 1.88. The number of piperidine rings is 2. The van der Waals surface area contributed by atoms with Gasteiger partial charge in [-0.25, -0.2) is 4.31 Å². The number of hydrogen-bond donors (Lipinski definition) is 0. The lowest BCUT2D eigenvalue weighted by molar-refractivity contribution is 0.103. The zero-order valence-electron chi connectivity index (χ0n) is 13.5. The number of aryl methyl sites for hydroxylation is 2. The largest absolute Gasteiger partial charge is 0.360 e. The molecule has 0 atom stereocenters. The molecule has 0 amide bonds. The molecule has 0 N–H and O–H groups in total. The van der Waals surface area contributed by atoms with Crippen molar-refractivity contribution in [1.29, 1.82) is 0 Å². The van der Waals surface area contributed by atoms with Crippen LogP contribution in [0.4, 0.5) is 0 Å². The first-order valence-electron chi connectivity index (χ1n) is 8.23. The molecule has 2 aliphatic rings. The summed E-state index contributed by atoms with van der Waals surface area (Å²) in [6.07, 6.45) is 5.36. The van der Waals surface area contributed by atoms with Crippen molar-refractivity contribution in [3.05, 3.63) is 11.5 Å². The van der Waals surface area contributed by atoms with Crippen LogP contribution in [0.2, 0.25) is 0 Å². The maximum atomic E-state index is 5.26. The number of aromatic nitrogens is 1. The molecule has 0 aromatic carbocycles. The van der Waals surface area contributed by atoms with Crippen molar-refractivity contribution in [3.8, 4) is 0 Å². The van der Waals surface area contributed by atoms with Crippen molar-refractivity contribution in [2.75, 3.05) is 26.2 Å². The van der Waals surface area contributed by atoms with Crippen LogP contribution in [0.3, 0.4) is 0 Å². The van der Waals surface area contributed by atoms with Crippen LogP contribution >= 0.6 is 11.9 Å². The van der Waals surface area contributed by atoms with Crippen LogP contribution in [0.1, 0.15) is 44.1 Å². The maximum Gasteiger partial charge on any atom is 0.148 e. The zero-order valence-corrected chi connectivity index (χ0v) is 14.3. The van der Waals surface area contributed by atoms with Gasteiger partial charge < -0.3 is 9.42 Å². The van der Waals surface area contributed by atoms with Crippen molar-refractivity contribution in [2.24, 2.45) is 5.92 Å². The smallest absolute Gasteiger partial charge is 0.148 e. The highest BCUT2D eigenvalue weighted by molar-refractivity contribution is 7.97. The zero-order chi connectivity index (χ0) is 14.8. The molecular weight excluding hydrogens is 282 g/mol. The van der Waals surface area contributed by atoms with Crippen LogP contribution < -0.4 is 0 Å². The van der Waals surface area contributed by atoms with Gasteiger partial charge in [-0.3, -0.25) is 0 Å². The second kappa shape index (κ2) is 6.71. The van der Waals surface area contributed by atoms with E-state index in [2.05, 4.69) is 21.3 Å². The fourth-order valence-electron chi connectivity index (χ4n) is 3.43. The van der Waals surface area contributed by atoms with Gasteiger partial charge in [-0.1, -0.05) is 12.1 Å². The number of likely N-dealkylation sites (tertiary alicyclic amines) is 1. The Balaban J connectivity index is 1.49. The van der Waals surface area contributed by atoms with Gasteiger partial charge in [0.25, 0.3) is 0 Å². The SMILES string of the molecule is Cc1noc(C)c1SN1CCC(N2CCC(C)CC2)CC1. The second-order valence-electron chi connectivity index (χ2n) is 6.62. The average Bonchev–Trinajstić information content (AvgIpc) is 2.81. The van der Waals surface area contributed by atoms with E-state index in [1.807, 2.05) is 25.8 Å². The summed E-state index contributed by atoms with van der Waals surface area (Å²) >= 11 is 1.83. The Hall–Kier alpha value is -0.520. The normalized spacial score (nSPS) is 23.8. The van der Waals surface area contributed by atoms with Gasteiger partial charge in [0, 0.05) is 19.1 Å². The van der Waals surface area contributed by atoms with E-state index in [1.165, 1.54) is 56.8 Å². The van der Waals surface area contributed by atoms with E-state index in [0.29, 0.717) is 0 Å². The first kappa shape index (κ1) is 15.4. The molecule has 1 aromatic rings. The predicted octanol–water partition coefficient (Wildman–Crippen LogP) is 3.49. The summed E-state index contributed by atoms with van der Waals surface area (Å²) in [6, 6.07) is 0.805. The minimum Gasteiger partial charge on any atom is -0.360 e. The Morgan fingerprint density at radius 2 is 1.71 bits per heavy atom. The summed E-state index contributed by atoms with van der Waals surface area (Å²) < 4.78 is 7.74. The summed E-state index contributed by atoms with van der Waals surface area (Å²) in [7, 11) is 0. The first-order valence-corrected chi connectivity index (χ1v) is 9.00. The Bertz CT molecular complexity index is 441. The summed E-state index contributed by atoms with van der Waals surface area (Å²) in [5, 5.41) is 4.05. The lowest BCUT2D eigenvalue weighted by Gasteiger charge is -2.41. The van der Waals surface area contributed by atoms with Gasteiger partial charge in [-0.05, 0) is 70.5 Å². The Morgan fingerprint density at radius 1 is 1.05 bits per heavy atom. The summed E-state index contributed by atoms with van der Waals surface area (Å²) in [6.45, 7) is 11.4. The first-order chi connectivity index (χ1) is 10.1. The van der Waals surface area contributed by atoms with Crippen molar-refractivity contribution in [2.45, 2.75) is 57.4 Å².